The zero-order valence-electron chi connectivity index (χ0n) is 16.7. The van der Waals surface area contributed by atoms with E-state index in [1.54, 1.807) is 23.4 Å². The van der Waals surface area contributed by atoms with Crippen molar-refractivity contribution >= 4 is 23.8 Å². The van der Waals surface area contributed by atoms with E-state index in [0.717, 1.165) is 0 Å². The van der Waals surface area contributed by atoms with Crippen molar-refractivity contribution in [2.24, 2.45) is 11.7 Å². The van der Waals surface area contributed by atoms with Crippen LogP contribution >= 0.6 is 0 Å². The van der Waals surface area contributed by atoms with Crippen LogP contribution in [0.25, 0.3) is 0 Å². The minimum atomic E-state index is -0.710. The Morgan fingerprint density at radius 1 is 1.24 bits per heavy atom. The van der Waals surface area contributed by atoms with Gasteiger partial charge in [-0.3, -0.25) is 19.2 Å². The maximum atomic E-state index is 11.8. The normalized spacial score (nSPS) is 25.9. The Kier molecular flexibility index (Phi) is 7.77. The van der Waals surface area contributed by atoms with Crippen LogP contribution in [-0.2, 0) is 38.1 Å². The highest BCUT2D eigenvalue weighted by molar-refractivity contribution is 5.92. The van der Waals surface area contributed by atoms with Crippen molar-refractivity contribution in [3.63, 3.8) is 0 Å². The van der Waals surface area contributed by atoms with Gasteiger partial charge in [0.25, 0.3) is 0 Å². The SMILES string of the molecule is COC(=O)CCC(=O)OC[C@H]1O[C@@H](N2C=CCC(C(N)=O)=C2)[C@H](OC(C)=O)[C@@H]1C. The summed E-state index contributed by atoms with van der Waals surface area (Å²) in [6.45, 7) is 3.03. The number of methoxy groups -OCH3 is 1. The van der Waals surface area contributed by atoms with Gasteiger partial charge in [-0.1, -0.05) is 13.0 Å². The van der Waals surface area contributed by atoms with Crippen LogP contribution in [-0.4, -0.2) is 60.9 Å². The van der Waals surface area contributed by atoms with Crippen LogP contribution in [0.15, 0.2) is 24.0 Å². The fourth-order valence-corrected chi connectivity index (χ4v) is 3.09. The Bertz CT molecular complexity index is 717. The molecule has 160 valence electrons. The van der Waals surface area contributed by atoms with Crippen LogP contribution in [0.2, 0.25) is 0 Å². The average Bonchev–Trinajstić information content (AvgIpc) is 2.99. The van der Waals surface area contributed by atoms with Crippen molar-refractivity contribution in [2.45, 2.75) is 51.5 Å². The number of nitrogens with two attached hydrogens (primary N) is 1. The van der Waals surface area contributed by atoms with Crippen molar-refractivity contribution in [1.29, 1.82) is 0 Å². The second-order valence-corrected chi connectivity index (χ2v) is 6.81. The molecule has 0 saturated carbocycles. The van der Waals surface area contributed by atoms with Gasteiger partial charge in [-0.05, 0) is 6.42 Å². The molecule has 0 bridgehead atoms. The summed E-state index contributed by atoms with van der Waals surface area (Å²) in [5, 5.41) is 0. The van der Waals surface area contributed by atoms with Gasteiger partial charge < -0.3 is 29.6 Å². The molecule has 0 aromatic carbocycles. The number of ether oxygens (including phenoxy) is 4. The summed E-state index contributed by atoms with van der Waals surface area (Å²) in [7, 11) is 1.24. The maximum absolute atomic E-state index is 11.8. The number of carbonyl (C=O) groups is 4. The first-order valence-electron chi connectivity index (χ1n) is 9.22. The van der Waals surface area contributed by atoms with E-state index in [1.807, 2.05) is 6.92 Å². The largest absolute Gasteiger partial charge is 0.469 e. The van der Waals surface area contributed by atoms with E-state index in [4.69, 9.17) is 19.9 Å². The third-order valence-electron chi connectivity index (χ3n) is 4.70. The van der Waals surface area contributed by atoms with Crippen LogP contribution in [0.4, 0.5) is 0 Å². The van der Waals surface area contributed by atoms with Gasteiger partial charge in [0.2, 0.25) is 5.91 Å². The molecule has 2 N–H and O–H groups in total. The van der Waals surface area contributed by atoms with Gasteiger partial charge in [-0.2, -0.15) is 0 Å². The Morgan fingerprint density at radius 3 is 2.55 bits per heavy atom. The Labute approximate surface area is 168 Å². The smallest absolute Gasteiger partial charge is 0.306 e. The standard InChI is InChI=1S/C19H26N2O8/c1-11-14(10-27-16(24)7-6-15(23)26-3)29-19(17(11)28-12(2)22)21-8-4-5-13(9-21)18(20)25/h4,8-9,11,14,17,19H,5-7,10H2,1-3H3,(H2,20,25)/t11-,14-,17-,19-/m1/s1. The molecule has 0 radical (unpaired) electrons. The number of allylic oxidation sites excluding steroid dienone is 1. The minimum Gasteiger partial charge on any atom is -0.469 e. The van der Waals surface area contributed by atoms with Gasteiger partial charge in [0, 0.05) is 30.8 Å². The van der Waals surface area contributed by atoms with E-state index in [2.05, 4.69) is 4.74 Å². The molecule has 2 aliphatic rings. The first-order valence-corrected chi connectivity index (χ1v) is 9.22. The topological polar surface area (TPSA) is 134 Å². The molecule has 0 unspecified atom stereocenters. The third-order valence-corrected chi connectivity index (χ3v) is 4.70. The van der Waals surface area contributed by atoms with Gasteiger partial charge >= 0.3 is 17.9 Å². The lowest BCUT2D eigenvalue weighted by Crippen LogP contribution is -2.40. The predicted octanol–water partition coefficient (Wildman–Crippen LogP) is 0.364. The summed E-state index contributed by atoms with van der Waals surface area (Å²) in [5.41, 5.74) is 5.75. The number of hydrogen-bond donors (Lipinski definition) is 1. The van der Waals surface area contributed by atoms with Gasteiger partial charge in [0.1, 0.15) is 12.7 Å². The number of carbonyl (C=O) groups excluding carboxylic acids is 4. The molecule has 1 amide bonds. The van der Waals surface area contributed by atoms with Crippen LogP contribution in [0, 0.1) is 5.92 Å². The van der Waals surface area contributed by atoms with Crippen molar-refractivity contribution in [1.82, 2.24) is 4.90 Å². The van der Waals surface area contributed by atoms with E-state index in [0.29, 0.717) is 12.0 Å². The van der Waals surface area contributed by atoms with Crippen molar-refractivity contribution in [2.75, 3.05) is 13.7 Å². The summed E-state index contributed by atoms with van der Waals surface area (Å²) in [4.78, 5) is 47.6. The second kappa shape index (κ2) is 10.1. The van der Waals surface area contributed by atoms with Gasteiger partial charge in [-0.15, -0.1) is 0 Å². The molecule has 0 spiro atoms. The summed E-state index contributed by atoms with van der Waals surface area (Å²) in [6.07, 6.45) is 3.32. The van der Waals surface area contributed by atoms with E-state index in [9.17, 15) is 19.2 Å². The van der Waals surface area contributed by atoms with Gasteiger partial charge in [-0.25, -0.2) is 0 Å². The molecule has 2 aliphatic heterocycles. The molecule has 29 heavy (non-hydrogen) atoms. The number of esters is 3. The van der Waals surface area contributed by atoms with Crippen LogP contribution in [0.3, 0.4) is 0 Å². The fourth-order valence-electron chi connectivity index (χ4n) is 3.09. The molecule has 10 nitrogen and oxygen atoms in total. The van der Waals surface area contributed by atoms with E-state index in [1.165, 1.54) is 14.0 Å². The van der Waals surface area contributed by atoms with Crippen LogP contribution < -0.4 is 5.73 Å². The van der Waals surface area contributed by atoms with Crippen LogP contribution in [0.1, 0.15) is 33.1 Å². The Morgan fingerprint density at radius 2 is 1.93 bits per heavy atom. The number of rotatable bonds is 8. The van der Waals surface area contributed by atoms with Crippen molar-refractivity contribution in [3.05, 3.63) is 24.0 Å². The highest BCUT2D eigenvalue weighted by atomic mass is 16.6. The lowest BCUT2D eigenvalue weighted by Gasteiger charge is -2.30. The molecular weight excluding hydrogens is 384 g/mol. The van der Waals surface area contributed by atoms with Gasteiger partial charge in [0.15, 0.2) is 12.3 Å². The van der Waals surface area contributed by atoms with Crippen molar-refractivity contribution in [3.8, 4) is 0 Å². The molecule has 4 atom stereocenters. The zero-order valence-corrected chi connectivity index (χ0v) is 16.7. The number of nitrogens with zero attached hydrogens (tertiary/aromatic N) is 1. The number of amides is 1. The molecular formula is C19H26N2O8. The number of primary amides is 1. The monoisotopic (exact) mass is 410 g/mol. The minimum absolute atomic E-state index is 0.0701. The summed E-state index contributed by atoms with van der Waals surface area (Å²) < 4.78 is 21.1. The van der Waals surface area contributed by atoms with Gasteiger partial charge in [0.05, 0.1) is 20.0 Å². The average molecular weight is 410 g/mol. The molecule has 0 aromatic heterocycles. The quantitative estimate of drug-likeness (QED) is 0.444. The van der Waals surface area contributed by atoms with Crippen molar-refractivity contribution < 1.29 is 38.1 Å². The lowest BCUT2D eigenvalue weighted by atomic mass is 10.00. The first kappa shape index (κ1) is 22.4. The highest BCUT2D eigenvalue weighted by Gasteiger charge is 2.47. The molecule has 10 heteroatoms. The second-order valence-electron chi connectivity index (χ2n) is 6.81. The molecule has 2 heterocycles. The molecule has 0 aromatic rings. The zero-order chi connectivity index (χ0) is 21.6. The molecule has 1 saturated heterocycles. The van der Waals surface area contributed by atoms with E-state index < -0.39 is 42.3 Å². The molecule has 2 rings (SSSR count). The maximum Gasteiger partial charge on any atom is 0.306 e. The Balaban J connectivity index is 2.04. The highest BCUT2D eigenvalue weighted by Crippen LogP contribution is 2.33. The lowest BCUT2D eigenvalue weighted by molar-refractivity contribution is -0.156. The summed E-state index contributed by atoms with van der Waals surface area (Å²) >= 11 is 0. The molecule has 1 fully saturated rings. The summed E-state index contributed by atoms with van der Waals surface area (Å²) in [6, 6.07) is 0. The summed E-state index contributed by atoms with van der Waals surface area (Å²) in [5.74, 6) is -2.39. The van der Waals surface area contributed by atoms with E-state index >= 15 is 0 Å². The molecule has 0 aliphatic carbocycles. The van der Waals surface area contributed by atoms with Crippen LogP contribution in [0.5, 0.6) is 0 Å². The Hall–Kier alpha value is -2.88. The fraction of sp³-hybridized carbons (Fsp3) is 0.579. The first-order chi connectivity index (χ1) is 13.7. The predicted molar refractivity (Wildman–Crippen MR) is 98.5 cm³/mol. The number of hydrogen-bond acceptors (Lipinski definition) is 9. The third kappa shape index (κ3) is 6.05. The van der Waals surface area contributed by atoms with E-state index in [-0.39, 0.29) is 25.4 Å².